The third-order valence-corrected chi connectivity index (χ3v) is 3.08. The van der Waals surface area contributed by atoms with Crippen molar-refractivity contribution in [1.29, 1.82) is 0 Å². The van der Waals surface area contributed by atoms with Crippen molar-refractivity contribution in [3.05, 3.63) is 29.8 Å². The highest BCUT2D eigenvalue weighted by atomic mass is 16.3. The fraction of sp³-hybridized carbons (Fsp3) is 0.538. The van der Waals surface area contributed by atoms with E-state index < -0.39 is 0 Å². The standard InChI is InChI=1S/C13H19NO/c1-13(2,3)12-11(15)8-9-6-4-5-7-10(9)14-12/h4-7,11-12,14-15H,8H2,1-3H3. The number of anilines is 1. The fourth-order valence-electron chi connectivity index (χ4n) is 2.24. The van der Waals surface area contributed by atoms with Crippen LogP contribution < -0.4 is 5.32 Å². The van der Waals surface area contributed by atoms with Crippen LogP contribution in [0.4, 0.5) is 5.69 Å². The van der Waals surface area contributed by atoms with Gasteiger partial charge in [-0.2, -0.15) is 0 Å². The number of rotatable bonds is 0. The fourth-order valence-corrected chi connectivity index (χ4v) is 2.24. The predicted octanol–water partition coefficient (Wildman–Crippen LogP) is 2.43. The van der Waals surface area contributed by atoms with Crippen molar-refractivity contribution < 1.29 is 5.11 Å². The molecule has 0 aliphatic carbocycles. The molecule has 2 nitrogen and oxygen atoms in total. The molecule has 2 atom stereocenters. The van der Waals surface area contributed by atoms with E-state index in [4.69, 9.17) is 0 Å². The van der Waals surface area contributed by atoms with Gasteiger partial charge in [-0.05, 0) is 17.0 Å². The number of hydrogen-bond donors (Lipinski definition) is 2. The zero-order valence-corrected chi connectivity index (χ0v) is 9.62. The second-order valence-electron chi connectivity index (χ2n) is 5.42. The average Bonchev–Trinajstić information content (AvgIpc) is 2.15. The Kier molecular flexibility index (Phi) is 2.47. The Labute approximate surface area is 91.3 Å². The summed E-state index contributed by atoms with van der Waals surface area (Å²) in [5.74, 6) is 0. The molecule has 0 bridgehead atoms. The number of aliphatic hydroxyl groups is 1. The molecule has 2 unspecified atom stereocenters. The summed E-state index contributed by atoms with van der Waals surface area (Å²) in [6, 6.07) is 8.34. The number of aliphatic hydroxyl groups excluding tert-OH is 1. The van der Waals surface area contributed by atoms with E-state index in [2.05, 4.69) is 38.2 Å². The highest BCUT2D eigenvalue weighted by Gasteiger charge is 2.34. The van der Waals surface area contributed by atoms with Gasteiger partial charge in [0.1, 0.15) is 0 Å². The normalized spacial score (nSPS) is 25.6. The summed E-state index contributed by atoms with van der Waals surface area (Å²) in [5, 5.41) is 13.5. The van der Waals surface area contributed by atoms with Gasteiger partial charge in [-0.3, -0.25) is 0 Å². The van der Waals surface area contributed by atoms with Crippen LogP contribution in [0, 0.1) is 5.41 Å². The van der Waals surface area contributed by atoms with Crippen LogP contribution in [0.2, 0.25) is 0 Å². The molecule has 0 saturated carbocycles. The van der Waals surface area contributed by atoms with E-state index in [0.29, 0.717) is 0 Å². The minimum absolute atomic E-state index is 0.0763. The molecular formula is C13H19NO. The van der Waals surface area contributed by atoms with Gasteiger partial charge >= 0.3 is 0 Å². The first-order valence-corrected chi connectivity index (χ1v) is 5.51. The van der Waals surface area contributed by atoms with Crippen molar-refractivity contribution in [2.24, 2.45) is 5.41 Å². The molecule has 2 rings (SSSR count). The second-order valence-corrected chi connectivity index (χ2v) is 5.42. The van der Waals surface area contributed by atoms with Gasteiger partial charge in [0.05, 0.1) is 12.1 Å². The first-order valence-electron chi connectivity index (χ1n) is 5.51. The van der Waals surface area contributed by atoms with E-state index in [-0.39, 0.29) is 17.6 Å². The molecule has 82 valence electrons. The molecule has 2 heteroatoms. The lowest BCUT2D eigenvalue weighted by Crippen LogP contribution is -2.47. The molecule has 0 radical (unpaired) electrons. The largest absolute Gasteiger partial charge is 0.391 e. The summed E-state index contributed by atoms with van der Waals surface area (Å²) in [5.41, 5.74) is 2.46. The summed E-state index contributed by atoms with van der Waals surface area (Å²) in [4.78, 5) is 0. The Bertz CT molecular complexity index is 354. The summed E-state index contributed by atoms with van der Waals surface area (Å²) in [6.07, 6.45) is 0.463. The minimum atomic E-state index is -0.292. The van der Waals surface area contributed by atoms with Crippen molar-refractivity contribution in [3.63, 3.8) is 0 Å². The van der Waals surface area contributed by atoms with Crippen LogP contribution in [0.25, 0.3) is 0 Å². The molecule has 0 spiro atoms. The second kappa shape index (κ2) is 3.53. The topological polar surface area (TPSA) is 32.3 Å². The van der Waals surface area contributed by atoms with E-state index in [9.17, 15) is 5.11 Å². The van der Waals surface area contributed by atoms with Gasteiger partial charge in [-0.1, -0.05) is 39.0 Å². The first-order chi connectivity index (χ1) is 6.98. The number of para-hydroxylation sites is 1. The lowest BCUT2D eigenvalue weighted by atomic mass is 9.79. The van der Waals surface area contributed by atoms with E-state index in [1.807, 2.05) is 12.1 Å². The maximum absolute atomic E-state index is 10.1. The smallest absolute Gasteiger partial charge is 0.0787 e. The Morgan fingerprint density at radius 3 is 2.60 bits per heavy atom. The van der Waals surface area contributed by atoms with Crippen LogP contribution >= 0.6 is 0 Å². The predicted molar refractivity (Wildman–Crippen MR) is 63.0 cm³/mol. The quantitative estimate of drug-likeness (QED) is 0.682. The van der Waals surface area contributed by atoms with Crippen molar-refractivity contribution in [1.82, 2.24) is 0 Å². The third-order valence-electron chi connectivity index (χ3n) is 3.08. The molecule has 2 N–H and O–H groups in total. The lowest BCUT2D eigenvalue weighted by Gasteiger charge is -2.40. The number of hydrogen-bond acceptors (Lipinski definition) is 2. The molecule has 0 saturated heterocycles. The van der Waals surface area contributed by atoms with Gasteiger partial charge in [0.15, 0.2) is 0 Å². The van der Waals surface area contributed by atoms with Crippen molar-refractivity contribution in [2.75, 3.05) is 5.32 Å². The molecule has 1 aromatic rings. The van der Waals surface area contributed by atoms with E-state index >= 15 is 0 Å². The number of fused-ring (bicyclic) bond motifs is 1. The van der Waals surface area contributed by atoms with Crippen LogP contribution in [0.15, 0.2) is 24.3 Å². The van der Waals surface area contributed by atoms with Crippen LogP contribution in [-0.4, -0.2) is 17.3 Å². The summed E-state index contributed by atoms with van der Waals surface area (Å²) < 4.78 is 0. The van der Waals surface area contributed by atoms with E-state index in [1.54, 1.807) is 0 Å². The van der Waals surface area contributed by atoms with Gasteiger partial charge in [0.25, 0.3) is 0 Å². The van der Waals surface area contributed by atoms with Gasteiger partial charge in [0.2, 0.25) is 0 Å². The van der Waals surface area contributed by atoms with Crippen molar-refractivity contribution >= 4 is 5.69 Å². The summed E-state index contributed by atoms with van der Waals surface area (Å²) in [6.45, 7) is 6.46. The van der Waals surface area contributed by atoms with Crippen LogP contribution in [0.5, 0.6) is 0 Å². The highest BCUT2D eigenvalue weighted by Crippen LogP contribution is 2.32. The summed E-state index contributed by atoms with van der Waals surface area (Å²) in [7, 11) is 0. The molecule has 1 aliphatic heterocycles. The lowest BCUT2D eigenvalue weighted by molar-refractivity contribution is 0.0987. The molecule has 1 aromatic carbocycles. The van der Waals surface area contributed by atoms with Crippen LogP contribution in [0.3, 0.4) is 0 Å². The van der Waals surface area contributed by atoms with Gasteiger partial charge < -0.3 is 10.4 Å². The molecular weight excluding hydrogens is 186 g/mol. The molecule has 1 heterocycles. The van der Waals surface area contributed by atoms with Gasteiger partial charge in [0, 0.05) is 12.1 Å². The maximum atomic E-state index is 10.1. The zero-order chi connectivity index (χ0) is 11.1. The van der Waals surface area contributed by atoms with Crippen molar-refractivity contribution in [2.45, 2.75) is 39.3 Å². The Morgan fingerprint density at radius 1 is 1.27 bits per heavy atom. The Balaban J connectivity index is 2.30. The molecule has 15 heavy (non-hydrogen) atoms. The Morgan fingerprint density at radius 2 is 1.93 bits per heavy atom. The first kappa shape index (κ1) is 10.5. The third kappa shape index (κ3) is 2.00. The highest BCUT2D eigenvalue weighted by molar-refractivity contribution is 5.54. The van der Waals surface area contributed by atoms with Crippen LogP contribution in [0.1, 0.15) is 26.3 Å². The molecule has 0 aromatic heterocycles. The van der Waals surface area contributed by atoms with Gasteiger partial charge in [-0.15, -0.1) is 0 Å². The zero-order valence-electron chi connectivity index (χ0n) is 9.62. The van der Waals surface area contributed by atoms with Gasteiger partial charge in [-0.25, -0.2) is 0 Å². The molecule has 1 aliphatic rings. The van der Waals surface area contributed by atoms with Crippen molar-refractivity contribution in [3.8, 4) is 0 Å². The molecule has 0 amide bonds. The SMILES string of the molecule is CC(C)(C)C1Nc2ccccc2CC1O. The monoisotopic (exact) mass is 205 g/mol. The van der Waals surface area contributed by atoms with Crippen LogP contribution in [-0.2, 0) is 6.42 Å². The minimum Gasteiger partial charge on any atom is -0.391 e. The Hall–Kier alpha value is -1.02. The van der Waals surface area contributed by atoms with E-state index in [1.165, 1.54) is 11.3 Å². The summed E-state index contributed by atoms with van der Waals surface area (Å²) >= 11 is 0. The molecule has 0 fully saturated rings. The average molecular weight is 205 g/mol. The number of nitrogens with one attached hydrogen (secondary N) is 1. The van der Waals surface area contributed by atoms with E-state index in [0.717, 1.165) is 6.42 Å². The maximum Gasteiger partial charge on any atom is 0.0787 e. The number of benzene rings is 1.